The minimum atomic E-state index is -0.00549. The molecule has 0 spiro atoms. The summed E-state index contributed by atoms with van der Waals surface area (Å²) in [6.07, 6.45) is 6.93. The number of aromatic nitrogens is 1. The third-order valence-corrected chi connectivity index (χ3v) is 2.75. The summed E-state index contributed by atoms with van der Waals surface area (Å²) in [5.41, 5.74) is 0.787. The molecule has 0 aliphatic carbocycles. The summed E-state index contributed by atoms with van der Waals surface area (Å²) in [4.78, 5) is 15.8. The van der Waals surface area contributed by atoms with Crippen LogP contribution in [0.5, 0.6) is 0 Å². The van der Waals surface area contributed by atoms with Crippen molar-refractivity contribution in [2.75, 3.05) is 11.9 Å². The second-order valence-electron chi connectivity index (χ2n) is 4.56. The topological polar surface area (TPSA) is 62.2 Å². The van der Waals surface area contributed by atoms with Crippen molar-refractivity contribution in [2.45, 2.75) is 45.4 Å². The molecule has 20 heavy (non-hydrogen) atoms. The number of rotatable bonds is 7. The standard InChI is InChI=1S/C16H22N2O2/c1-2-3-4-5-9-16(20)18-15-13-14(10-11-17-15)8-6-7-12-19/h10-11,13,19H,2-5,7,9,12H2,1H3,(H,17,18,20). The van der Waals surface area contributed by atoms with E-state index >= 15 is 0 Å². The van der Waals surface area contributed by atoms with Crippen LogP contribution < -0.4 is 5.32 Å². The van der Waals surface area contributed by atoms with Gasteiger partial charge in [0, 0.05) is 24.6 Å². The van der Waals surface area contributed by atoms with Gasteiger partial charge in [-0.2, -0.15) is 0 Å². The van der Waals surface area contributed by atoms with Gasteiger partial charge >= 0.3 is 0 Å². The van der Waals surface area contributed by atoms with Crippen molar-refractivity contribution in [1.29, 1.82) is 0 Å². The van der Waals surface area contributed by atoms with Crippen molar-refractivity contribution in [3.05, 3.63) is 23.9 Å². The molecule has 2 N–H and O–H groups in total. The molecule has 1 amide bonds. The molecule has 0 unspecified atom stereocenters. The predicted octanol–water partition coefficient (Wildman–Crippen LogP) is 2.72. The number of amides is 1. The van der Waals surface area contributed by atoms with Crippen LogP contribution >= 0.6 is 0 Å². The van der Waals surface area contributed by atoms with Crippen LogP contribution in [0.3, 0.4) is 0 Å². The molecule has 0 radical (unpaired) electrons. The summed E-state index contributed by atoms with van der Waals surface area (Å²) in [6, 6.07) is 3.52. The zero-order valence-electron chi connectivity index (χ0n) is 12.0. The molecule has 1 heterocycles. The fourth-order valence-electron chi connectivity index (χ4n) is 1.71. The molecule has 0 aliphatic rings. The van der Waals surface area contributed by atoms with Gasteiger partial charge in [-0.1, -0.05) is 38.0 Å². The number of aliphatic hydroxyl groups is 1. The maximum Gasteiger partial charge on any atom is 0.225 e. The number of pyridine rings is 1. The number of anilines is 1. The molecule has 108 valence electrons. The van der Waals surface area contributed by atoms with Crippen LogP contribution in [0.4, 0.5) is 5.82 Å². The monoisotopic (exact) mass is 274 g/mol. The zero-order valence-corrected chi connectivity index (χ0v) is 12.0. The first kappa shape index (κ1) is 16.2. The van der Waals surface area contributed by atoms with Crippen molar-refractivity contribution in [3.63, 3.8) is 0 Å². The summed E-state index contributed by atoms with van der Waals surface area (Å²) < 4.78 is 0. The molecule has 0 bridgehead atoms. The van der Waals surface area contributed by atoms with E-state index in [0.717, 1.165) is 24.8 Å². The van der Waals surface area contributed by atoms with Gasteiger partial charge in [0.1, 0.15) is 5.82 Å². The van der Waals surface area contributed by atoms with Crippen molar-refractivity contribution in [3.8, 4) is 11.8 Å². The van der Waals surface area contributed by atoms with E-state index in [1.165, 1.54) is 6.42 Å². The first-order valence-corrected chi connectivity index (χ1v) is 7.12. The molecule has 1 aromatic rings. The van der Waals surface area contributed by atoms with Crippen molar-refractivity contribution in [2.24, 2.45) is 0 Å². The zero-order chi connectivity index (χ0) is 14.6. The quantitative estimate of drug-likeness (QED) is 0.593. The van der Waals surface area contributed by atoms with Gasteiger partial charge in [0.25, 0.3) is 0 Å². The van der Waals surface area contributed by atoms with Gasteiger partial charge in [-0.05, 0) is 18.6 Å². The number of unbranched alkanes of at least 4 members (excludes halogenated alkanes) is 3. The number of carbonyl (C=O) groups is 1. The minimum Gasteiger partial charge on any atom is -0.395 e. The Hall–Kier alpha value is -1.86. The normalized spacial score (nSPS) is 9.70. The summed E-state index contributed by atoms with van der Waals surface area (Å²) in [7, 11) is 0. The number of hydrogen-bond donors (Lipinski definition) is 2. The van der Waals surface area contributed by atoms with Crippen LogP contribution in [-0.4, -0.2) is 22.6 Å². The van der Waals surface area contributed by atoms with Crippen LogP contribution in [0.2, 0.25) is 0 Å². The van der Waals surface area contributed by atoms with Gasteiger partial charge in [0.15, 0.2) is 0 Å². The molecule has 0 saturated carbocycles. The highest BCUT2D eigenvalue weighted by atomic mass is 16.2. The number of aliphatic hydroxyl groups excluding tert-OH is 1. The van der Waals surface area contributed by atoms with Crippen molar-refractivity contribution >= 4 is 11.7 Å². The largest absolute Gasteiger partial charge is 0.395 e. The van der Waals surface area contributed by atoms with E-state index in [-0.39, 0.29) is 12.5 Å². The van der Waals surface area contributed by atoms with E-state index in [9.17, 15) is 4.79 Å². The van der Waals surface area contributed by atoms with Gasteiger partial charge in [-0.15, -0.1) is 0 Å². The Morgan fingerprint density at radius 2 is 2.25 bits per heavy atom. The predicted molar refractivity (Wildman–Crippen MR) is 80.2 cm³/mol. The smallest absolute Gasteiger partial charge is 0.225 e. The molecular weight excluding hydrogens is 252 g/mol. The third-order valence-electron chi connectivity index (χ3n) is 2.75. The van der Waals surface area contributed by atoms with Crippen LogP contribution in [0, 0.1) is 11.8 Å². The average Bonchev–Trinajstić information content (AvgIpc) is 2.44. The number of hydrogen-bond acceptors (Lipinski definition) is 3. The Morgan fingerprint density at radius 1 is 1.40 bits per heavy atom. The third kappa shape index (κ3) is 6.91. The molecule has 0 aromatic carbocycles. The lowest BCUT2D eigenvalue weighted by Crippen LogP contribution is -2.12. The Labute approximate surface area is 120 Å². The van der Waals surface area contributed by atoms with Crippen molar-refractivity contribution in [1.82, 2.24) is 4.98 Å². The van der Waals surface area contributed by atoms with E-state index in [4.69, 9.17) is 5.11 Å². The van der Waals surface area contributed by atoms with Crippen LogP contribution in [0.25, 0.3) is 0 Å². The molecular formula is C16H22N2O2. The lowest BCUT2D eigenvalue weighted by molar-refractivity contribution is -0.116. The van der Waals surface area contributed by atoms with E-state index in [1.807, 2.05) is 0 Å². The molecule has 0 saturated heterocycles. The van der Waals surface area contributed by atoms with Gasteiger partial charge < -0.3 is 10.4 Å². The van der Waals surface area contributed by atoms with E-state index in [1.54, 1.807) is 18.3 Å². The summed E-state index contributed by atoms with van der Waals surface area (Å²) >= 11 is 0. The second kappa shape index (κ2) is 9.99. The van der Waals surface area contributed by atoms with Gasteiger partial charge in [0.05, 0.1) is 6.61 Å². The Morgan fingerprint density at radius 3 is 3.00 bits per heavy atom. The second-order valence-corrected chi connectivity index (χ2v) is 4.56. The Kier molecular flexibility index (Phi) is 8.09. The van der Waals surface area contributed by atoms with E-state index in [0.29, 0.717) is 18.7 Å². The highest BCUT2D eigenvalue weighted by molar-refractivity contribution is 5.89. The Bertz CT molecular complexity index is 475. The summed E-state index contributed by atoms with van der Waals surface area (Å²) in [5, 5.41) is 11.4. The fourth-order valence-corrected chi connectivity index (χ4v) is 1.71. The minimum absolute atomic E-state index is 0.00549. The molecule has 0 fully saturated rings. The van der Waals surface area contributed by atoms with Crippen molar-refractivity contribution < 1.29 is 9.90 Å². The summed E-state index contributed by atoms with van der Waals surface area (Å²) in [6.45, 7) is 2.20. The maximum absolute atomic E-state index is 11.7. The lowest BCUT2D eigenvalue weighted by atomic mass is 10.1. The van der Waals surface area contributed by atoms with E-state index in [2.05, 4.69) is 29.1 Å². The number of nitrogens with one attached hydrogen (secondary N) is 1. The molecule has 0 atom stereocenters. The highest BCUT2D eigenvalue weighted by Crippen LogP contribution is 2.08. The van der Waals surface area contributed by atoms with Gasteiger partial charge in [0.2, 0.25) is 5.91 Å². The SMILES string of the molecule is CCCCCCC(=O)Nc1cc(C#CCCO)ccn1. The molecule has 1 aromatic heterocycles. The van der Waals surface area contributed by atoms with Gasteiger partial charge in [-0.3, -0.25) is 4.79 Å². The molecule has 4 nitrogen and oxygen atoms in total. The number of carbonyl (C=O) groups excluding carboxylic acids is 1. The molecule has 0 aliphatic heterocycles. The van der Waals surface area contributed by atoms with E-state index < -0.39 is 0 Å². The molecule has 4 heteroatoms. The maximum atomic E-state index is 11.7. The number of nitrogens with zero attached hydrogens (tertiary/aromatic N) is 1. The summed E-state index contributed by atoms with van der Waals surface area (Å²) in [5.74, 6) is 6.28. The lowest BCUT2D eigenvalue weighted by Gasteiger charge is -2.04. The molecule has 1 rings (SSSR count). The first-order chi connectivity index (χ1) is 9.76. The van der Waals surface area contributed by atoms with Crippen LogP contribution in [0.15, 0.2) is 18.3 Å². The van der Waals surface area contributed by atoms with Crippen LogP contribution in [0.1, 0.15) is 51.0 Å². The first-order valence-electron chi connectivity index (χ1n) is 7.12. The highest BCUT2D eigenvalue weighted by Gasteiger charge is 2.03. The van der Waals surface area contributed by atoms with Crippen LogP contribution in [-0.2, 0) is 4.79 Å². The average molecular weight is 274 g/mol. The fraction of sp³-hybridized carbons (Fsp3) is 0.500. The van der Waals surface area contributed by atoms with Gasteiger partial charge in [-0.25, -0.2) is 4.98 Å². The Balaban J connectivity index is 2.45.